The molecular weight excluding hydrogens is 260 g/mol. The van der Waals surface area contributed by atoms with Crippen LogP contribution in [0.1, 0.15) is 42.4 Å². The fourth-order valence-electron chi connectivity index (χ4n) is 2.60. The van der Waals surface area contributed by atoms with Gasteiger partial charge in [-0.1, -0.05) is 31.2 Å². The van der Waals surface area contributed by atoms with Crippen LogP contribution in [-0.4, -0.2) is 18.1 Å². The average molecular weight is 284 g/mol. The highest BCUT2D eigenvalue weighted by atomic mass is 16.5. The van der Waals surface area contributed by atoms with Crippen molar-refractivity contribution in [2.45, 2.75) is 33.7 Å². The van der Waals surface area contributed by atoms with E-state index < -0.39 is 0 Å². The van der Waals surface area contributed by atoms with E-state index in [0.717, 1.165) is 29.2 Å². The predicted molar refractivity (Wildman–Crippen MR) is 86.8 cm³/mol. The molecule has 0 radical (unpaired) electrons. The van der Waals surface area contributed by atoms with Gasteiger partial charge in [-0.05, 0) is 45.0 Å². The number of pyridine rings is 1. The number of nitrogens with zero attached hydrogens (tertiary/aromatic N) is 1. The number of ether oxygens (including phenoxy) is 1. The van der Waals surface area contributed by atoms with Gasteiger partial charge in [0.05, 0.1) is 12.6 Å². The summed E-state index contributed by atoms with van der Waals surface area (Å²) in [4.78, 5) is 4.60. The first-order valence-electron chi connectivity index (χ1n) is 7.56. The van der Waals surface area contributed by atoms with Crippen molar-refractivity contribution in [1.29, 1.82) is 0 Å². The van der Waals surface area contributed by atoms with Gasteiger partial charge in [0.1, 0.15) is 5.75 Å². The van der Waals surface area contributed by atoms with Gasteiger partial charge >= 0.3 is 0 Å². The zero-order chi connectivity index (χ0) is 15.2. The van der Waals surface area contributed by atoms with Gasteiger partial charge < -0.3 is 10.1 Å². The highest BCUT2D eigenvalue weighted by Gasteiger charge is 2.19. The maximum atomic E-state index is 5.79. The number of benzene rings is 1. The van der Waals surface area contributed by atoms with Crippen molar-refractivity contribution in [1.82, 2.24) is 10.3 Å². The van der Waals surface area contributed by atoms with Gasteiger partial charge in [0.25, 0.3) is 0 Å². The zero-order valence-corrected chi connectivity index (χ0v) is 13.3. The Balaban J connectivity index is 2.48. The topological polar surface area (TPSA) is 34.1 Å². The molecular formula is C18H24N2O. The molecule has 1 aromatic carbocycles. The predicted octanol–water partition coefficient (Wildman–Crippen LogP) is 3.80. The van der Waals surface area contributed by atoms with Crippen LogP contribution in [0.15, 0.2) is 36.4 Å². The third-order valence-electron chi connectivity index (χ3n) is 3.52. The van der Waals surface area contributed by atoms with Gasteiger partial charge in [-0.25, -0.2) is 0 Å². The number of hydrogen-bond acceptors (Lipinski definition) is 3. The molecule has 1 atom stereocenters. The summed E-state index contributed by atoms with van der Waals surface area (Å²) in [5.41, 5.74) is 4.47. The van der Waals surface area contributed by atoms with Gasteiger partial charge in [0, 0.05) is 17.0 Å². The Kier molecular flexibility index (Phi) is 5.34. The lowest BCUT2D eigenvalue weighted by molar-refractivity contribution is 0.333. The van der Waals surface area contributed by atoms with Crippen molar-refractivity contribution in [3.63, 3.8) is 0 Å². The summed E-state index contributed by atoms with van der Waals surface area (Å²) in [6.45, 7) is 9.77. The summed E-state index contributed by atoms with van der Waals surface area (Å²) in [6, 6.07) is 12.5. The second-order valence-electron chi connectivity index (χ2n) is 5.09. The van der Waals surface area contributed by atoms with Crippen LogP contribution in [0.3, 0.4) is 0 Å². The minimum atomic E-state index is 0.103. The van der Waals surface area contributed by atoms with E-state index in [-0.39, 0.29) is 6.04 Å². The van der Waals surface area contributed by atoms with E-state index in [2.05, 4.69) is 48.4 Å². The third-order valence-corrected chi connectivity index (χ3v) is 3.52. The highest BCUT2D eigenvalue weighted by Crippen LogP contribution is 2.31. The van der Waals surface area contributed by atoms with Gasteiger partial charge in [-0.2, -0.15) is 0 Å². The standard InChI is InChI=1S/C18H24N2O/c1-5-19-18(15-12-11-13(3)20-14(15)4)16-9-7-8-10-17(16)21-6-2/h7-12,18-19H,5-6H2,1-4H3. The summed E-state index contributed by atoms with van der Waals surface area (Å²) in [5, 5.41) is 3.55. The molecule has 0 spiro atoms. The molecule has 1 N–H and O–H groups in total. The van der Waals surface area contributed by atoms with Crippen LogP contribution in [-0.2, 0) is 0 Å². The van der Waals surface area contributed by atoms with Crippen molar-refractivity contribution in [2.24, 2.45) is 0 Å². The van der Waals surface area contributed by atoms with E-state index in [1.807, 2.05) is 26.0 Å². The maximum absolute atomic E-state index is 5.79. The van der Waals surface area contributed by atoms with Crippen LogP contribution in [0.25, 0.3) is 0 Å². The first-order chi connectivity index (χ1) is 10.2. The number of aromatic nitrogens is 1. The summed E-state index contributed by atoms with van der Waals surface area (Å²) in [6.07, 6.45) is 0. The van der Waals surface area contributed by atoms with Crippen molar-refractivity contribution in [3.8, 4) is 5.75 Å². The quantitative estimate of drug-likeness (QED) is 0.876. The first kappa shape index (κ1) is 15.5. The Morgan fingerprint density at radius 3 is 2.48 bits per heavy atom. The molecule has 0 aliphatic heterocycles. The SMILES string of the molecule is CCNC(c1ccccc1OCC)c1ccc(C)nc1C. The molecule has 2 rings (SSSR count). The molecule has 2 aromatic rings. The lowest BCUT2D eigenvalue weighted by Crippen LogP contribution is -2.24. The summed E-state index contributed by atoms with van der Waals surface area (Å²) in [7, 11) is 0. The Hall–Kier alpha value is -1.87. The fraction of sp³-hybridized carbons (Fsp3) is 0.389. The van der Waals surface area contributed by atoms with Crippen LogP contribution < -0.4 is 10.1 Å². The zero-order valence-electron chi connectivity index (χ0n) is 13.3. The molecule has 1 heterocycles. The molecule has 0 amide bonds. The Morgan fingerprint density at radius 2 is 1.81 bits per heavy atom. The van der Waals surface area contributed by atoms with E-state index in [0.29, 0.717) is 6.61 Å². The monoisotopic (exact) mass is 284 g/mol. The van der Waals surface area contributed by atoms with Crippen LogP contribution in [0.5, 0.6) is 5.75 Å². The molecule has 0 fully saturated rings. The number of nitrogens with one attached hydrogen (secondary N) is 1. The van der Waals surface area contributed by atoms with E-state index in [9.17, 15) is 0 Å². The lowest BCUT2D eigenvalue weighted by atomic mass is 9.96. The van der Waals surface area contributed by atoms with E-state index in [4.69, 9.17) is 4.74 Å². The van der Waals surface area contributed by atoms with Gasteiger partial charge in [0.2, 0.25) is 0 Å². The number of hydrogen-bond donors (Lipinski definition) is 1. The van der Waals surface area contributed by atoms with E-state index >= 15 is 0 Å². The maximum Gasteiger partial charge on any atom is 0.124 e. The Labute approximate surface area is 127 Å². The Morgan fingerprint density at radius 1 is 1.05 bits per heavy atom. The van der Waals surface area contributed by atoms with Crippen LogP contribution in [0.2, 0.25) is 0 Å². The van der Waals surface area contributed by atoms with Crippen LogP contribution in [0.4, 0.5) is 0 Å². The summed E-state index contributed by atoms with van der Waals surface area (Å²) in [5.74, 6) is 0.936. The van der Waals surface area contributed by atoms with E-state index in [1.165, 1.54) is 5.56 Å². The highest BCUT2D eigenvalue weighted by molar-refractivity contribution is 5.43. The van der Waals surface area contributed by atoms with Crippen molar-refractivity contribution in [3.05, 3.63) is 58.9 Å². The molecule has 1 unspecified atom stereocenters. The molecule has 0 bridgehead atoms. The summed E-state index contributed by atoms with van der Waals surface area (Å²) >= 11 is 0. The Bertz CT molecular complexity index is 596. The minimum absolute atomic E-state index is 0.103. The molecule has 0 saturated carbocycles. The molecule has 3 nitrogen and oxygen atoms in total. The van der Waals surface area contributed by atoms with Gasteiger partial charge in [0.15, 0.2) is 0 Å². The van der Waals surface area contributed by atoms with Crippen molar-refractivity contribution in [2.75, 3.05) is 13.2 Å². The smallest absolute Gasteiger partial charge is 0.124 e. The third kappa shape index (κ3) is 3.61. The normalized spacial score (nSPS) is 12.2. The number of para-hydroxylation sites is 1. The van der Waals surface area contributed by atoms with Crippen molar-refractivity contribution < 1.29 is 4.74 Å². The minimum Gasteiger partial charge on any atom is -0.494 e. The molecule has 112 valence electrons. The average Bonchev–Trinajstić information content (AvgIpc) is 2.47. The van der Waals surface area contributed by atoms with E-state index in [1.54, 1.807) is 0 Å². The van der Waals surface area contributed by atoms with Gasteiger partial charge in [-0.15, -0.1) is 0 Å². The number of rotatable bonds is 6. The second-order valence-corrected chi connectivity index (χ2v) is 5.09. The number of aryl methyl sites for hydroxylation is 2. The first-order valence-corrected chi connectivity index (χ1v) is 7.56. The van der Waals surface area contributed by atoms with Gasteiger partial charge in [-0.3, -0.25) is 4.98 Å². The van der Waals surface area contributed by atoms with Crippen LogP contribution in [0, 0.1) is 13.8 Å². The largest absolute Gasteiger partial charge is 0.494 e. The second kappa shape index (κ2) is 7.23. The molecule has 3 heteroatoms. The fourth-order valence-corrected chi connectivity index (χ4v) is 2.60. The summed E-state index contributed by atoms with van der Waals surface area (Å²) < 4.78 is 5.79. The lowest BCUT2D eigenvalue weighted by Gasteiger charge is -2.23. The molecule has 1 aromatic heterocycles. The molecule has 0 aliphatic carbocycles. The molecule has 21 heavy (non-hydrogen) atoms. The van der Waals surface area contributed by atoms with Crippen molar-refractivity contribution >= 4 is 0 Å². The van der Waals surface area contributed by atoms with Crippen LogP contribution >= 0.6 is 0 Å². The molecule has 0 aliphatic rings. The molecule has 0 saturated heterocycles.